The van der Waals surface area contributed by atoms with E-state index in [4.69, 9.17) is 10.2 Å². The number of benzene rings is 1. The molecule has 1 aromatic carbocycles. The third-order valence-electron chi connectivity index (χ3n) is 6.26. The number of fused-ring (bicyclic) bond motifs is 2. The summed E-state index contributed by atoms with van der Waals surface area (Å²) in [4.78, 5) is 21.7. The predicted octanol–water partition coefficient (Wildman–Crippen LogP) is 3.77. The first-order chi connectivity index (χ1) is 17.5. The van der Waals surface area contributed by atoms with Crippen LogP contribution in [0.15, 0.2) is 54.7 Å². The first kappa shape index (κ1) is 22.1. The summed E-state index contributed by atoms with van der Waals surface area (Å²) in [5, 5.41) is 15.9. The SMILES string of the molecule is Cc1ccc(C(=O)Nc2cn3nc(-c4c(-c5ccc(F)cc5)nn5c4CNCC5)ccc3n2)c(C)n1. The summed E-state index contributed by atoms with van der Waals surface area (Å²) in [7, 11) is 0. The number of aromatic nitrogens is 6. The Morgan fingerprint density at radius 3 is 2.67 bits per heavy atom. The molecule has 180 valence electrons. The van der Waals surface area contributed by atoms with E-state index in [1.165, 1.54) is 12.1 Å². The Labute approximate surface area is 206 Å². The molecule has 5 aromatic rings. The van der Waals surface area contributed by atoms with Crippen molar-refractivity contribution in [3.05, 3.63) is 83.2 Å². The van der Waals surface area contributed by atoms with Crippen molar-refractivity contribution in [1.82, 2.24) is 34.7 Å². The van der Waals surface area contributed by atoms with Gasteiger partial charge in [0.2, 0.25) is 0 Å². The second kappa shape index (κ2) is 8.65. The van der Waals surface area contributed by atoms with Gasteiger partial charge in [0.1, 0.15) is 11.5 Å². The summed E-state index contributed by atoms with van der Waals surface area (Å²) in [5.74, 6) is -0.184. The number of nitrogens with zero attached hydrogens (tertiary/aromatic N) is 6. The Morgan fingerprint density at radius 2 is 1.86 bits per heavy atom. The first-order valence-corrected chi connectivity index (χ1v) is 11.6. The van der Waals surface area contributed by atoms with Crippen LogP contribution in [-0.4, -0.2) is 41.8 Å². The van der Waals surface area contributed by atoms with Gasteiger partial charge >= 0.3 is 0 Å². The fourth-order valence-corrected chi connectivity index (χ4v) is 4.52. The van der Waals surface area contributed by atoms with Gasteiger partial charge in [-0.1, -0.05) is 0 Å². The number of amides is 1. The topological polar surface area (TPSA) is 102 Å². The van der Waals surface area contributed by atoms with Gasteiger partial charge < -0.3 is 10.6 Å². The van der Waals surface area contributed by atoms with Crippen LogP contribution in [0.3, 0.4) is 0 Å². The molecule has 0 saturated heterocycles. The minimum absolute atomic E-state index is 0.279. The Balaban J connectivity index is 1.38. The maximum absolute atomic E-state index is 13.6. The maximum Gasteiger partial charge on any atom is 0.258 e. The lowest BCUT2D eigenvalue weighted by Gasteiger charge is -2.15. The molecule has 4 aromatic heterocycles. The quantitative estimate of drug-likeness (QED) is 0.404. The summed E-state index contributed by atoms with van der Waals surface area (Å²) < 4.78 is 17.2. The average Bonchev–Trinajstić information content (AvgIpc) is 3.44. The van der Waals surface area contributed by atoms with Crippen molar-refractivity contribution < 1.29 is 9.18 Å². The molecule has 0 fully saturated rings. The van der Waals surface area contributed by atoms with E-state index in [2.05, 4.69) is 20.6 Å². The molecule has 9 nitrogen and oxygen atoms in total. The second-order valence-electron chi connectivity index (χ2n) is 8.76. The van der Waals surface area contributed by atoms with Gasteiger partial charge in [-0.15, -0.1) is 0 Å². The average molecular weight is 483 g/mol. The van der Waals surface area contributed by atoms with Crippen molar-refractivity contribution in [1.29, 1.82) is 0 Å². The lowest BCUT2D eigenvalue weighted by atomic mass is 10.0. The lowest BCUT2D eigenvalue weighted by Crippen LogP contribution is -2.28. The molecular formula is C26H23FN8O. The van der Waals surface area contributed by atoms with E-state index in [1.54, 1.807) is 41.9 Å². The van der Waals surface area contributed by atoms with Crippen LogP contribution in [0.2, 0.25) is 0 Å². The molecule has 1 amide bonds. The molecule has 6 rings (SSSR count). The van der Waals surface area contributed by atoms with Crippen molar-refractivity contribution in [3.8, 4) is 22.5 Å². The molecule has 5 heterocycles. The summed E-state index contributed by atoms with van der Waals surface area (Å²) in [5.41, 5.74) is 6.77. The van der Waals surface area contributed by atoms with Crippen molar-refractivity contribution in [3.63, 3.8) is 0 Å². The van der Waals surface area contributed by atoms with E-state index in [0.29, 0.717) is 35.0 Å². The lowest BCUT2D eigenvalue weighted by molar-refractivity contribution is 0.102. The third-order valence-corrected chi connectivity index (χ3v) is 6.26. The van der Waals surface area contributed by atoms with Crippen LogP contribution in [0.25, 0.3) is 28.2 Å². The third kappa shape index (κ3) is 3.91. The summed E-state index contributed by atoms with van der Waals surface area (Å²) in [6, 6.07) is 13.6. The maximum atomic E-state index is 13.6. The first-order valence-electron chi connectivity index (χ1n) is 11.6. The van der Waals surface area contributed by atoms with Gasteiger partial charge in [0.15, 0.2) is 11.5 Å². The van der Waals surface area contributed by atoms with Crippen LogP contribution >= 0.6 is 0 Å². The molecule has 1 aliphatic heterocycles. The van der Waals surface area contributed by atoms with Gasteiger partial charge in [-0.05, 0) is 62.4 Å². The largest absolute Gasteiger partial charge is 0.309 e. The number of carbonyl (C=O) groups is 1. The Kier molecular flexibility index (Phi) is 5.30. The number of imidazole rings is 1. The van der Waals surface area contributed by atoms with Gasteiger partial charge in [-0.25, -0.2) is 13.9 Å². The van der Waals surface area contributed by atoms with Crippen molar-refractivity contribution in [2.45, 2.75) is 26.9 Å². The monoisotopic (exact) mass is 482 g/mol. The zero-order valence-corrected chi connectivity index (χ0v) is 19.8. The van der Waals surface area contributed by atoms with E-state index in [1.807, 2.05) is 23.7 Å². The number of nitrogens with one attached hydrogen (secondary N) is 2. The van der Waals surface area contributed by atoms with E-state index >= 15 is 0 Å². The van der Waals surface area contributed by atoms with E-state index in [-0.39, 0.29) is 11.7 Å². The van der Waals surface area contributed by atoms with Crippen LogP contribution < -0.4 is 10.6 Å². The van der Waals surface area contributed by atoms with Crippen molar-refractivity contribution in [2.75, 3.05) is 11.9 Å². The van der Waals surface area contributed by atoms with Gasteiger partial charge in [-0.2, -0.15) is 10.2 Å². The fraction of sp³-hybridized carbons (Fsp3) is 0.192. The molecule has 0 atom stereocenters. The molecule has 0 unspecified atom stereocenters. The van der Waals surface area contributed by atoms with Crippen molar-refractivity contribution in [2.24, 2.45) is 0 Å². The van der Waals surface area contributed by atoms with Crippen LogP contribution in [0, 0.1) is 19.7 Å². The molecule has 0 saturated carbocycles. The number of carbonyl (C=O) groups excluding carboxylic acids is 1. The number of hydrogen-bond donors (Lipinski definition) is 2. The van der Waals surface area contributed by atoms with Gasteiger partial charge in [-0.3, -0.25) is 14.5 Å². The second-order valence-corrected chi connectivity index (χ2v) is 8.76. The highest BCUT2D eigenvalue weighted by Crippen LogP contribution is 2.34. The summed E-state index contributed by atoms with van der Waals surface area (Å²) in [6.07, 6.45) is 1.68. The van der Waals surface area contributed by atoms with E-state index in [9.17, 15) is 9.18 Å². The molecule has 2 N–H and O–H groups in total. The van der Waals surface area contributed by atoms with Gasteiger partial charge in [0.05, 0.1) is 41.0 Å². The molecule has 0 bridgehead atoms. The smallest absolute Gasteiger partial charge is 0.258 e. The molecule has 1 aliphatic rings. The normalized spacial score (nSPS) is 13.1. The Morgan fingerprint density at radius 1 is 1.03 bits per heavy atom. The highest BCUT2D eigenvalue weighted by molar-refractivity contribution is 6.04. The molecule has 0 spiro atoms. The number of rotatable bonds is 4. The predicted molar refractivity (Wildman–Crippen MR) is 133 cm³/mol. The minimum atomic E-state index is -0.296. The zero-order valence-electron chi connectivity index (χ0n) is 19.8. The number of aryl methyl sites for hydroxylation is 2. The van der Waals surface area contributed by atoms with Gasteiger partial charge in [0.25, 0.3) is 5.91 Å². The number of anilines is 1. The molecule has 0 radical (unpaired) electrons. The number of pyridine rings is 1. The molecule has 36 heavy (non-hydrogen) atoms. The standard InChI is InChI=1S/C26H23FN8O/c1-15-3-8-19(16(2)29-15)26(36)31-22-14-35-23(30-22)10-9-20(32-35)24-21-13-28-11-12-34(21)33-25(24)17-4-6-18(27)7-5-17/h3-10,14,28H,11-13H2,1-2H3,(H,31,36). The zero-order chi connectivity index (χ0) is 24.8. The molecule has 10 heteroatoms. The van der Waals surface area contributed by atoms with Crippen molar-refractivity contribution >= 4 is 17.4 Å². The number of hydrogen-bond acceptors (Lipinski definition) is 6. The van der Waals surface area contributed by atoms with Crippen LogP contribution in [-0.2, 0) is 13.1 Å². The van der Waals surface area contributed by atoms with Gasteiger partial charge in [0, 0.05) is 24.3 Å². The van der Waals surface area contributed by atoms with Crippen LogP contribution in [0.4, 0.5) is 10.2 Å². The summed E-state index contributed by atoms with van der Waals surface area (Å²) in [6.45, 7) is 5.90. The highest BCUT2D eigenvalue weighted by atomic mass is 19.1. The van der Waals surface area contributed by atoms with E-state index < -0.39 is 0 Å². The highest BCUT2D eigenvalue weighted by Gasteiger charge is 2.24. The van der Waals surface area contributed by atoms with Crippen LogP contribution in [0.5, 0.6) is 0 Å². The summed E-state index contributed by atoms with van der Waals surface area (Å²) >= 11 is 0. The Bertz CT molecular complexity index is 1620. The fourth-order valence-electron chi connectivity index (χ4n) is 4.52. The molecular weight excluding hydrogens is 459 g/mol. The minimum Gasteiger partial charge on any atom is -0.309 e. The molecule has 0 aliphatic carbocycles. The Hall–Kier alpha value is -4.44. The van der Waals surface area contributed by atoms with E-state index in [0.717, 1.165) is 41.3 Å². The number of halogens is 1. The van der Waals surface area contributed by atoms with Crippen LogP contribution in [0.1, 0.15) is 27.4 Å².